The van der Waals surface area contributed by atoms with Crippen molar-refractivity contribution < 1.29 is 9.59 Å². The SMILES string of the molecule is CC(C)=CCC/C(C)=C/CC1=CC(=O)c2ccccc2C1=O. The summed E-state index contributed by atoms with van der Waals surface area (Å²) < 4.78 is 0. The Hall–Kier alpha value is -2.22. The Kier molecular flexibility index (Phi) is 5.26. The topological polar surface area (TPSA) is 34.1 Å². The summed E-state index contributed by atoms with van der Waals surface area (Å²) in [5, 5.41) is 0. The molecule has 0 fully saturated rings. The van der Waals surface area contributed by atoms with Gasteiger partial charge in [0.05, 0.1) is 0 Å². The van der Waals surface area contributed by atoms with Crippen molar-refractivity contribution in [2.24, 2.45) is 0 Å². The predicted octanol–water partition coefficient (Wildman–Crippen LogP) is 5.07. The fourth-order valence-corrected chi connectivity index (χ4v) is 2.50. The minimum absolute atomic E-state index is 0.0245. The second-order valence-corrected chi connectivity index (χ2v) is 5.98. The monoisotopic (exact) mass is 294 g/mol. The van der Waals surface area contributed by atoms with E-state index in [1.54, 1.807) is 24.3 Å². The first-order valence-corrected chi connectivity index (χ1v) is 7.66. The molecule has 0 radical (unpaired) electrons. The summed E-state index contributed by atoms with van der Waals surface area (Å²) in [6, 6.07) is 7.03. The highest BCUT2D eigenvalue weighted by Gasteiger charge is 2.23. The highest BCUT2D eigenvalue weighted by Crippen LogP contribution is 2.23. The standard InChI is InChI=1S/C20H22O2/c1-14(2)7-6-8-15(3)11-12-16-13-19(21)17-9-4-5-10-18(17)20(16)22/h4-5,7,9-11,13H,6,8,12H2,1-3H3/b15-11+. The summed E-state index contributed by atoms with van der Waals surface area (Å²) in [5.74, 6) is -0.0932. The fraction of sp³-hybridized carbons (Fsp3) is 0.300. The molecule has 0 saturated carbocycles. The van der Waals surface area contributed by atoms with Gasteiger partial charge in [-0.3, -0.25) is 9.59 Å². The maximum Gasteiger partial charge on any atom is 0.190 e. The van der Waals surface area contributed by atoms with E-state index in [-0.39, 0.29) is 11.6 Å². The third kappa shape index (κ3) is 3.91. The molecule has 0 spiro atoms. The molecule has 0 atom stereocenters. The van der Waals surface area contributed by atoms with Crippen LogP contribution in [0.3, 0.4) is 0 Å². The van der Waals surface area contributed by atoms with E-state index in [1.807, 2.05) is 0 Å². The number of carbonyl (C=O) groups is 2. The number of rotatable bonds is 5. The Morgan fingerprint density at radius 3 is 2.36 bits per heavy atom. The second-order valence-electron chi connectivity index (χ2n) is 5.98. The van der Waals surface area contributed by atoms with E-state index in [0.717, 1.165) is 12.8 Å². The zero-order valence-electron chi connectivity index (χ0n) is 13.5. The van der Waals surface area contributed by atoms with E-state index in [0.29, 0.717) is 23.1 Å². The van der Waals surface area contributed by atoms with Crippen molar-refractivity contribution in [3.05, 3.63) is 70.3 Å². The van der Waals surface area contributed by atoms with Gasteiger partial charge >= 0.3 is 0 Å². The van der Waals surface area contributed by atoms with Crippen LogP contribution in [0.4, 0.5) is 0 Å². The van der Waals surface area contributed by atoms with E-state index < -0.39 is 0 Å². The highest BCUT2D eigenvalue weighted by molar-refractivity contribution is 6.24. The first-order chi connectivity index (χ1) is 10.5. The molecule has 0 unspecified atom stereocenters. The summed E-state index contributed by atoms with van der Waals surface area (Å²) in [5.41, 5.74) is 4.20. The van der Waals surface area contributed by atoms with Crippen LogP contribution in [-0.4, -0.2) is 11.6 Å². The van der Waals surface area contributed by atoms with E-state index in [2.05, 4.69) is 32.9 Å². The molecule has 1 aliphatic rings. The molecule has 1 aliphatic carbocycles. The van der Waals surface area contributed by atoms with Crippen LogP contribution in [0.25, 0.3) is 0 Å². The van der Waals surface area contributed by atoms with E-state index in [1.165, 1.54) is 17.2 Å². The highest BCUT2D eigenvalue weighted by atomic mass is 16.1. The summed E-state index contributed by atoms with van der Waals surface area (Å²) in [4.78, 5) is 24.5. The molecule has 2 nitrogen and oxygen atoms in total. The van der Waals surface area contributed by atoms with Crippen molar-refractivity contribution in [2.45, 2.75) is 40.0 Å². The van der Waals surface area contributed by atoms with Gasteiger partial charge in [-0.15, -0.1) is 0 Å². The third-order valence-electron chi connectivity index (χ3n) is 3.80. The van der Waals surface area contributed by atoms with Gasteiger partial charge in [0.1, 0.15) is 0 Å². The minimum Gasteiger partial charge on any atom is -0.289 e. The lowest BCUT2D eigenvalue weighted by Gasteiger charge is -2.13. The van der Waals surface area contributed by atoms with Crippen LogP contribution in [0, 0.1) is 0 Å². The molecular formula is C20H22O2. The second kappa shape index (κ2) is 7.17. The maximum atomic E-state index is 12.4. The average molecular weight is 294 g/mol. The van der Waals surface area contributed by atoms with Crippen molar-refractivity contribution in [2.75, 3.05) is 0 Å². The smallest absolute Gasteiger partial charge is 0.190 e. The number of carbonyl (C=O) groups excluding carboxylic acids is 2. The molecule has 0 saturated heterocycles. The first kappa shape index (κ1) is 16.2. The number of allylic oxidation sites excluding steroid dienone is 6. The Bertz CT molecular complexity index is 683. The maximum absolute atomic E-state index is 12.4. The van der Waals surface area contributed by atoms with Crippen molar-refractivity contribution in [3.63, 3.8) is 0 Å². The van der Waals surface area contributed by atoms with E-state index in [4.69, 9.17) is 0 Å². The van der Waals surface area contributed by atoms with E-state index in [9.17, 15) is 9.59 Å². The Labute approximate surface area is 132 Å². The molecule has 2 heteroatoms. The normalized spacial score (nSPS) is 14.5. The quantitative estimate of drug-likeness (QED) is 0.710. The van der Waals surface area contributed by atoms with Crippen molar-refractivity contribution in [3.8, 4) is 0 Å². The van der Waals surface area contributed by atoms with Crippen LogP contribution in [0.2, 0.25) is 0 Å². The van der Waals surface area contributed by atoms with Gasteiger partial charge in [-0.1, -0.05) is 47.6 Å². The molecule has 2 rings (SSSR count). The lowest BCUT2D eigenvalue weighted by Crippen LogP contribution is -2.16. The molecule has 0 heterocycles. The average Bonchev–Trinajstić information content (AvgIpc) is 2.49. The number of fused-ring (bicyclic) bond motifs is 1. The van der Waals surface area contributed by atoms with Gasteiger partial charge in [-0.25, -0.2) is 0 Å². The molecule has 22 heavy (non-hydrogen) atoms. The summed E-state index contributed by atoms with van der Waals surface area (Å²) in [7, 11) is 0. The molecule has 0 N–H and O–H groups in total. The van der Waals surface area contributed by atoms with Gasteiger partial charge in [-0.2, -0.15) is 0 Å². The number of benzene rings is 1. The number of ketones is 2. The van der Waals surface area contributed by atoms with Gasteiger partial charge in [0, 0.05) is 16.7 Å². The zero-order chi connectivity index (χ0) is 16.1. The van der Waals surface area contributed by atoms with Crippen LogP contribution < -0.4 is 0 Å². The molecular weight excluding hydrogens is 272 g/mol. The largest absolute Gasteiger partial charge is 0.289 e. The predicted molar refractivity (Wildman–Crippen MR) is 90.2 cm³/mol. The first-order valence-electron chi connectivity index (χ1n) is 7.66. The van der Waals surface area contributed by atoms with Gasteiger partial charge in [0.2, 0.25) is 0 Å². The van der Waals surface area contributed by atoms with Gasteiger partial charge in [-0.05, 0) is 46.1 Å². The van der Waals surface area contributed by atoms with Gasteiger partial charge in [0.25, 0.3) is 0 Å². The lowest BCUT2D eigenvalue weighted by molar-refractivity contribution is 0.0983. The molecule has 1 aromatic carbocycles. The summed E-state index contributed by atoms with van der Waals surface area (Å²) in [6.07, 6.45) is 8.28. The molecule has 0 bridgehead atoms. The Morgan fingerprint density at radius 2 is 1.68 bits per heavy atom. The number of hydrogen-bond donors (Lipinski definition) is 0. The Balaban J connectivity index is 2.07. The van der Waals surface area contributed by atoms with Crippen LogP contribution >= 0.6 is 0 Å². The third-order valence-corrected chi connectivity index (χ3v) is 3.80. The Morgan fingerprint density at radius 1 is 1.00 bits per heavy atom. The van der Waals surface area contributed by atoms with Crippen molar-refractivity contribution >= 4 is 11.6 Å². The molecule has 0 aliphatic heterocycles. The minimum atomic E-state index is -0.0687. The summed E-state index contributed by atoms with van der Waals surface area (Å²) >= 11 is 0. The molecule has 1 aromatic rings. The van der Waals surface area contributed by atoms with Crippen molar-refractivity contribution in [1.29, 1.82) is 0 Å². The van der Waals surface area contributed by atoms with Gasteiger partial charge in [0.15, 0.2) is 11.6 Å². The van der Waals surface area contributed by atoms with Crippen LogP contribution in [0.5, 0.6) is 0 Å². The lowest BCUT2D eigenvalue weighted by atomic mass is 9.88. The fourth-order valence-electron chi connectivity index (χ4n) is 2.50. The van der Waals surface area contributed by atoms with E-state index >= 15 is 0 Å². The molecule has 0 aromatic heterocycles. The number of Topliss-reactive ketones (excluding diaryl/α,β-unsaturated/α-hetero) is 1. The number of hydrogen-bond acceptors (Lipinski definition) is 2. The van der Waals surface area contributed by atoms with Crippen molar-refractivity contribution in [1.82, 2.24) is 0 Å². The van der Waals surface area contributed by atoms with Gasteiger partial charge < -0.3 is 0 Å². The molecule has 114 valence electrons. The summed E-state index contributed by atoms with van der Waals surface area (Å²) in [6.45, 7) is 6.25. The van der Waals surface area contributed by atoms with Crippen LogP contribution in [-0.2, 0) is 0 Å². The molecule has 0 amide bonds. The van der Waals surface area contributed by atoms with Crippen LogP contribution in [0.15, 0.2) is 59.2 Å². The zero-order valence-corrected chi connectivity index (χ0v) is 13.5. The van der Waals surface area contributed by atoms with Crippen LogP contribution in [0.1, 0.15) is 60.7 Å².